The molecule has 0 unspecified atom stereocenters. The Kier molecular flexibility index (Phi) is 3.63. The van der Waals surface area contributed by atoms with Crippen LogP contribution < -0.4 is 5.69 Å². The van der Waals surface area contributed by atoms with Gasteiger partial charge in [-0.25, -0.2) is 13.2 Å². The molecule has 25 heavy (non-hydrogen) atoms. The monoisotopic (exact) mass is 367 g/mol. The normalized spacial score (nSPS) is 20.9. The number of fused-ring (bicyclic) bond motifs is 1. The maximum atomic E-state index is 13.2. The number of ether oxygens (including phenoxy) is 2. The largest absolute Gasteiger partial charge is 0.346 e. The van der Waals surface area contributed by atoms with Gasteiger partial charge in [0.1, 0.15) is 0 Å². The molecular weight excluding hydrogens is 346 g/mol. The Hall–Kier alpha value is -1.68. The van der Waals surface area contributed by atoms with Crippen LogP contribution in [-0.2, 0) is 33.6 Å². The fourth-order valence-corrected chi connectivity index (χ4v) is 5.41. The molecule has 9 heteroatoms. The highest BCUT2D eigenvalue weighted by atomic mass is 32.2. The average molecular weight is 367 g/mol. The van der Waals surface area contributed by atoms with Gasteiger partial charge in [0, 0.05) is 27.1 Å². The zero-order valence-electron chi connectivity index (χ0n) is 14.5. The van der Waals surface area contributed by atoms with Crippen LogP contribution in [0.25, 0.3) is 11.0 Å². The number of sulfonamides is 1. The van der Waals surface area contributed by atoms with Gasteiger partial charge in [0.15, 0.2) is 5.79 Å². The van der Waals surface area contributed by atoms with Crippen LogP contribution in [0, 0.1) is 6.92 Å². The minimum absolute atomic E-state index is 0.183. The first-order chi connectivity index (χ1) is 11.8. The second-order valence-electron chi connectivity index (χ2n) is 6.70. The van der Waals surface area contributed by atoms with E-state index in [0.717, 1.165) is 0 Å². The van der Waals surface area contributed by atoms with Crippen molar-refractivity contribution >= 4 is 21.1 Å². The van der Waals surface area contributed by atoms with Gasteiger partial charge in [0.25, 0.3) is 0 Å². The van der Waals surface area contributed by atoms with Crippen LogP contribution >= 0.6 is 0 Å². The van der Waals surface area contributed by atoms with Gasteiger partial charge >= 0.3 is 5.69 Å². The van der Waals surface area contributed by atoms with Gasteiger partial charge in [-0.05, 0) is 24.6 Å². The minimum atomic E-state index is -3.70. The number of imidazole rings is 1. The summed E-state index contributed by atoms with van der Waals surface area (Å²) in [7, 11) is -0.378. The predicted octanol–water partition coefficient (Wildman–Crippen LogP) is 0.323. The molecule has 0 radical (unpaired) electrons. The first-order valence-electron chi connectivity index (χ1n) is 8.19. The molecule has 1 aromatic heterocycles. The smallest absolute Gasteiger partial charge is 0.328 e. The number of rotatable bonds is 2. The molecule has 2 aromatic rings. The van der Waals surface area contributed by atoms with E-state index in [9.17, 15) is 13.2 Å². The van der Waals surface area contributed by atoms with E-state index in [2.05, 4.69) is 0 Å². The van der Waals surface area contributed by atoms with E-state index in [-0.39, 0.29) is 17.1 Å². The van der Waals surface area contributed by atoms with Crippen molar-refractivity contribution in [3.8, 4) is 0 Å². The average Bonchev–Trinajstić information content (AvgIpc) is 3.27. The molecule has 2 aliphatic rings. The molecule has 1 spiro atoms. The summed E-state index contributed by atoms with van der Waals surface area (Å²) in [5, 5.41) is 0. The van der Waals surface area contributed by atoms with E-state index >= 15 is 0 Å². The quantitative estimate of drug-likeness (QED) is 0.764. The van der Waals surface area contributed by atoms with Crippen LogP contribution in [0.5, 0.6) is 0 Å². The lowest BCUT2D eigenvalue weighted by Crippen LogP contribution is -2.37. The highest BCUT2D eigenvalue weighted by molar-refractivity contribution is 7.89. The Morgan fingerprint density at radius 1 is 1.08 bits per heavy atom. The summed E-state index contributed by atoms with van der Waals surface area (Å²) in [6.45, 7) is 3.28. The third-order valence-corrected chi connectivity index (χ3v) is 7.15. The van der Waals surface area contributed by atoms with Gasteiger partial charge in [0.05, 0.1) is 35.7 Å². The Morgan fingerprint density at radius 2 is 1.68 bits per heavy atom. The van der Waals surface area contributed by atoms with E-state index in [1.54, 1.807) is 33.2 Å². The van der Waals surface area contributed by atoms with Crippen molar-refractivity contribution in [3.05, 3.63) is 28.2 Å². The van der Waals surface area contributed by atoms with Gasteiger partial charge in [-0.2, -0.15) is 4.31 Å². The van der Waals surface area contributed by atoms with E-state index in [0.29, 0.717) is 42.8 Å². The van der Waals surface area contributed by atoms with Crippen molar-refractivity contribution in [2.75, 3.05) is 26.3 Å². The molecule has 0 saturated carbocycles. The Labute approximate surface area is 145 Å². The zero-order chi connectivity index (χ0) is 18.0. The maximum Gasteiger partial charge on any atom is 0.328 e. The van der Waals surface area contributed by atoms with Crippen molar-refractivity contribution in [2.45, 2.75) is 24.0 Å². The van der Waals surface area contributed by atoms with Gasteiger partial charge in [-0.3, -0.25) is 9.13 Å². The molecule has 0 aliphatic carbocycles. The molecule has 0 atom stereocenters. The van der Waals surface area contributed by atoms with Gasteiger partial charge in [-0.1, -0.05) is 0 Å². The molecule has 2 saturated heterocycles. The highest BCUT2D eigenvalue weighted by Crippen LogP contribution is 2.35. The third-order valence-electron chi connectivity index (χ3n) is 5.16. The van der Waals surface area contributed by atoms with Crippen LogP contribution in [0.15, 0.2) is 21.8 Å². The number of aromatic nitrogens is 2. The molecule has 2 aliphatic heterocycles. The van der Waals surface area contributed by atoms with E-state index in [4.69, 9.17) is 9.47 Å². The second-order valence-corrected chi connectivity index (χ2v) is 8.61. The SMILES string of the molecule is Cc1cc2c(cc1S(=O)(=O)N1CCC3(C1)OCCO3)n(C)c(=O)n2C. The summed E-state index contributed by atoms with van der Waals surface area (Å²) >= 11 is 0. The topological polar surface area (TPSA) is 82.8 Å². The fraction of sp³-hybridized carbons (Fsp3) is 0.562. The van der Waals surface area contributed by atoms with Crippen LogP contribution in [0.2, 0.25) is 0 Å². The molecule has 2 fully saturated rings. The number of nitrogens with zero attached hydrogens (tertiary/aromatic N) is 3. The predicted molar refractivity (Wildman–Crippen MR) is 90.9 cm³/mol. The van der Waals surface area contributed by atoms with Crippen LogP contribution in [0.3, 0.4) is 0 Å². The van der Waals surface area contributed by atoms with Crippen LogP contribution in [0.1, 0.15) is 12.0 Å². The lowest BCUT2D eigenvalue weighted by molar-refractivity contribution is -0.142. The highest BCUT2D eigenvalue weighted by Gasteiger charge is 2.47. The zero-order valence-corrected chi connectivity index (χ0v) is 15.3. The van der Waals surface area contributed by atoms with E-state index in [1.165, 1.54) is 13.4 Å². The number of benzene rings is 1. The van der Waals surface area contributed by atoms with Crippen molar-refractivity contribution < 1.29 is 17.9 Å². The van der Waals surface area contributed by atoms with E-state index in [1.807, 2.05) is 0 Å². The molecule has 8 nitrogen and oxygen atoms in total. The lowest BCUT2D eigenvalue weighted by Gasteiger charge is -2.22. The van der Waals surface area contributed by atoms with Crippen molar-refractivity contribution in [1.29, 1.82) is 0 Å². The summed E-state index contributed by atoms with van der Waals surface area (Å²) in [6, 6.07) is 3.33. The maximum absolute atomic E-state index is 13.2. The molecule has 1 aromatic carbocycles. The Morgan fingerprint density at radius 3 is 2.32 bits per heavy atom. The van der Waals surface area contributed by atoms with Crippen LogP contribution in [0.4, 0.5) is 0 Å². The van der Waals surface area contributed by atoms with Gasteiger partial charge < -0.3 is 9.47 Å². The lowest BCUT2D eigenvalue weighted by atomic mass is 10.2. The molecule has 3 heterocycles. The molecule has 0 N–H and O–H groups in total. The van der Waals surface area contributed by atoms with Crippen molar-refractivity contribution in [2.24, 2.45) is 14.1 Å². The summed E-state index contributed by atoms with van der Waals surface area (Å²) < 4.78 is 42.0. The molecular formula is C16H21N3O5S. The van der Waals surface area contributed by atoms with Crippen molar-refractivity contribution in [3.63, 3.8) is 0 Å². The number of aryl methyl sites for hydroxylation is 3. The Balaban J connectivity index is 1.79. The van der Waals surface area contributed by atoms with E-state index < -0.39 is 15.8 Å². The fourth-order valence-electron chi connectivity index (χ4n) is 3.71. The number of hydrogen-bond donors (Lipinski definition) is 0. The molecule has 4 rings (SSSR count). The van der Waals surface area contributed by atoms with Crippen molar-refractivity contribution in [1.82, 2.24) is 13.4 Å². The first kappa shape index (κ1) is 16.8. The third kappa shape index (κ3) is 2.37. The van der Waals surface area contributed by atoms with Gasteiger partial charge in [-0.15, -0.1) is 0 Å². The summed E-state index contributed by atoms with van der Waals surface area (Å²) in [4.78, 5) is 12.3. The minimum Gasteiger partial charge on any atom is -0.346 e. The second kappa shape index (κ2) is 5.41. The van der Waals surface area contributed by atoms with Crippen LogP contribution in [-0.4, -0.2) is 53.9 Å². The molecule has 0 amide bonds. The first-order valence-corrected chi connectivity index (χ1v) is 9.63. The number of hydrogen-bond acceptors (Lipinski definition) is 5. The summed E-state index contributed by atoms with van der Waals surface area (Å²) in [5.74, 6) is -0.801. The Bertz CT molecular complexity index is 1010. The summed E-state index contributed by atoms with van der Waals surface area (Å²) in [6.07, 6.45) is 0.525. The standard InChI is InChI=1S/C16H21N3O5S/c1-11-8-12-13(18(3)15(20)17(12)2)9-14(11)25(21,22)19-5-4-16(10-19)23-6-7-24-16/h8-9H,4-7,10H2,1-3H3. The van der Waals surface area contributed by atoms with Gasteiger partial charge in [0.2, 0.25) is 10.0 Å². The molecule has 0 bridgehead atoms. The molecule has 136 valence electrons. The summed E-state index contributed by atoms with van der Waals surface area (Å²) in [5.41, 5.74) is 1.74.